The number of rotatable bonds is 4. The van der Waals surface area contributed by atoms with Crippen molar-refractivity contribution in [1.82, 2.24) is 4.90 Å². The smallest absolute Gasteiger partial charge is 0.173 e. The van der Waals surface area contributed by atoms with E-state index in [2.05, 4.69) is 65.4 Å². The van der Waals surface area contributed by atoms with Crippen LogP contribution in [0.1, 0.15) is 25.3 Å². The van der Waals surface area contributed by atoms with Gasteiger partial charge in [-0.25, -0.2) is 0 Å². The van der Waals surface area contributed by atoms with Gasteiger partial charge in [-0.2, -0.15) is 0 Å². The van der Waals surface area contributed by atoms with Crippen molar-refractivity contribution >= 4 is 28.7 Å². The predicted molar refractivity (Wildman–Crippen MR) is 114 cm³/mol. The lowest BCUT2D eigenvalue weighted by molar-refractivity contribution is 0.389. The van der Waals surface area contributed by atoms with Crippen molar-refractivity contribution in [1.29, 1.82) is 0 Å². The molecule has 0 atom stereocenters. The summed E-state index contributed by atoms with van der Waals surface area (Å²) < 4.78 is 5.33. The Labute approximate surface area is 161 Å². The number of para-hydroxylation sites is 1. The minimum Gasteiger partial charge on any atom is -0.497 e. The van der Waals surface area contributed by atoms with Crippen LogP contribution in [0.5, 0.6) is 5.75 Å². The summed E-state index contributed by atoms with van der Waals surface area (Å²) in [6.45, 7) is 8.12. The fourth-order valence-corrected chi connectivity index (χ4v) is 3.58. The fraction of sp³-hybridized carbons (Fsp3) is 0.381. The second-order valence-corrected chi connectivity index (χ2v) is 7.23. The van der Waals surface area contributed by atoms with Gasteiger partial charge in [0.1, 0.15) is 5.75 Å². The molecule has 0 amide bonds. The molecular weight excluding hydrogens is 342 g/mol. The summed E-state index contributed by atoms with van der Waals surface area (Å²) in [7, 11) is 1.70. The first kappa shape index (κ1) is 18.5. The highest BCUT2D eigenvalue weighted by molar-refractivity contribution is 7.80. The van der Waals surface area contributed by atoms with Crippen LogP contribution >= 0.6 is 12.2 Å². The Morgan fingerprint density at radius 2 is 1.77 bits per heavy atom. The van der Waals surface area contributed by atoms with Crippen LogP contribution < -0.4 is 15.0 Å². The molecule has 138 valence electrons. The molecule has 0 aromatic heterocycles. The highest BCUT2D eigenvalue weighted by Crippen LogP contribution is 2.25. The summed E-state index contributed by atoms with van der Waals surface area (Å²) in [5, 5.41) is 4.26. The normalized spacial score (nSPS) is 14.5. The first-order valence-electron chi connectivity index (χ1n) is 9.12. The third-order valence-electron chi connectivity index (χ3n) is 4.81. The topological polar surface area (TPSA) is 27.7 Å². The van der Waals surface area contributed by atoms with Gasteiger partial charge in [0.05, 0.1) is 7.11 Å². The third kappa shape index (κ3) is 4.28. The van der Waals surface area contributed by atoms with E-state index in [-0.39, 0.29) is 0 Å². The quantitative estimate of drug-likeness (QED) is 0.810. The first-order chi connectivity index (χ1) is 12.6. The van der Waals surface area contributed by atoms with Crippen LogP contribution in [-0.2, 0) is 0 Å². The highest BCUT2D eigenvalue weighted by atomic mass is 32.1. The van der Waals surface area contributed by atoms with Crippen LogP contribution in [0.2, 0.25) is 0 Å². The minimum absolute atomic E-state index is 0.464. The molecule has 0 spiro atoms. The summed E-state index contributed by atoms with van der Waals surface area (Å²) in [5.74, 6) is 1.36. The molecule has 1 N–H and O–H groups in total. The molecule has 0 bridgehead atoms. The van der Waals surface area contributed by atoms with Crippen molar-refractivity contribution in [2.45, 2.75) is 19.8 Å². The number of nitrogens with one attached hydrogen (secondary N) is 1. The third-order valence-corrected chi connectivity index (χ3v) is 5.17. The molecule has 26 heavy (non-hydrogen) atoms. The van der Waals surface area contributed by atoms with E-state index >= 15 is 0 Å². The summed E-state index contributed by atoms with van der Waals surface area (Å²) in [5.41, 5.74) is 3.61. The van der Waals surface area contributed by atoms with E-state index < -0.39 is 0 Å². The molecule has 5 heteroatoms. The van der Waals surface area contributed by atoms with E-state index in [1.807, 2.05) is 12.1 Å². The maximum Gasteiger partial charge on any atom is 0.173 e. The minimum atomic E-state index is 0.464. The van der Waals surface area contributed by atoms with Crippen LogP contribution in [0.15, 0.2) is 48.5 Å². The SMILES string of the molecule is COc1cccc(N2CCN(C(=S)Nc3ccccc3C(C)C)CC2)c1. The monoisotopic (exact) mass is 369 g/mol. The summed E-state index contributed by atoms with van der Waals surface area (Å²) in [6.07, 6.45) is 0. The summed E-state index contributed by atoms with van der Waals surface area (Å²) in [4.78, 5) is 4.63. The van der Waals surface area contributed by atoms with Crippen LogP contribution in [0.3, 0.4) is 0 Å². The maximum absolute atomic E-state index is 5.67. The van der Waals surface area contributed by atoms with Crippen molar-refractivity contribution in [2.24, 2.45) is 0 Å². The number of nitrogens with zero attached hydrogens (tertiary/aromatic N) is 2. The number of anilines is 2. The van der Waals surface area contributed by atoms with E-state index in [0.29, 0.717) is 5.92 Å². The Hall–Kier alpha value is -2.27. The van der Waals surface area contributed by atoms with Crippen molar-refractivity contribution in [3.05, 3.63) is 54.1 Å². The molecule has 3 rings (SSSR count). The lowest BCUT2D eigenvalue weighted by Gasteiger charge is -2.37. The number of methoxy groups -OCH3 is 1. The average Bonchev–Trinajstić information content (AvgIpc) is 2.68. The van der Waals surface area contributed by atoms with Gasteiger partial charge < -0.3 is 19.9 Å². The molecule has 0 saturated carbocycles. The van der Waals surface area contributed by atoms with Gasteiger partial charge in [0.15, 0.2) is 5.11 Å². The molecule has 1 aliphatic rings. The van der Waals surface area contributed by atoms with E-state index in [9.17, 15) is 0 Å². The highest BCUT2D eigenvalue weighted by Gasteiger charge is 2.20. The standard InChI is InChI=1S/C21H27N3OS/c1-16(2)19-9-4-5-10-20(19)22-21(26)24-13-11-23(12-14-24)17-7-6-8-18(15-17)25-3/h4-10,15-16H,11-14H2,1-3H3,(H,22,26). The van der Waals surface area contributed by atoms with Crippen molar-refractivity contribution < 1.29 is 4.74 Å². The van der Waals surface area contributed by atoms with Gasteiger partial charge in [-0.1, -0.05) is 38.1 Å². The molecule has 4 nitrogen and oxygen atoms in total. The Balaban J connectivity index is 1.60. The van der Waals surface area contributed by atoms with Gasteiger partial charge in [0.2, 0.25) is 0 Å². The van der Waals surface area contributed by atoms with Gasteiger partial charge in [0, 0.05) is 43.6 Å². The second-order valence-electron chi connectivity index (χ2n) is 6.85. The molecule has 1 saturated heterocycles. The molecule has 1 aliphatic heterocycles. The molecule has 2 aromatic rings. The summed E-state index contributed by atoms with van der Waals surface area (Å²) >= 11 is 5.67. The molecular formula is C21H27N3OS. The number of hydrogen-bond acceptors (Lipinski definition) is 3. The number of ether oxygens (including phenoxy) is 1. The Bertz CT molecular complexity index is 754. The second kappa shape index (κ2) is 8.41. The Kier molecular flexibility index (Phi) is 5.99. The van der Waals surface area contributed by atoms with Crippen LogP contribution in [0.25, 0.3) is 0 Å². The van der Waals surface area contributed by atoms with E-state index in [4.69, 9.17) is 17.0 Å². The lowest BCUT2D eigenvalue weighted by Crippen LogP contribution is -2.50. The molecule has 2 aromatic carbocycles. The van der Waals surface area contributed by atoms with Crippen molar-refractivity contribution in [3.63, 3.8) is 0 Å². The van der Waals surface area contributed by atoms with Gasteiger partial charge in [0.25, 0.3) is 0 Å². The van der Waals surface area contributed by atoms with Crippen molar-refractivity contribution in [3.8, 4) is 5.75 Å². The molecule has 0 aliphatic carbocycles. The Morgan fingerprint density at radius 3 is 2.46 bits per heavy atom. The molecule has 1 heterocycles. The summed E-state index contributed by atoms with van der Waals surface area (Å²) in [6, 6.07) is 16.6. The zero-order valence-corrected chi connectivity index (χ0v) is 16.6. The first-order valence-corrected chi connectivity index (χ1v) is 9.53. The maximum atomic E-state index is 5.67. The zero-order chi connectivity index (χ0) is 18.5. The van der Waals surface area contributed by atoms with Crippen molar-refractivity contribution in [2.75, 3.05) is 43.5 Å². The zero-order valence-electron chi connectivity index (χ0n) is 15.7. The van der Waals surface area contributed by atoms with Gasteiger partial charge in [-0.05, 0) is 41.9 Å². The molecule has 0 radical (unpaired) electrons. The van der Waals surface area contributed by atoms with E-state index in [1.54, 1.807) is 7.11 Å². The van der Waals surface area contributed by atoms with Gasteiger partial charge in [-0.15, -0.1) is 0 Å². The predicted octanol–water partition coefficient (Wildman–Crippen LogP) is 4.34. The Morgan fingerprint density at radius 1 is 1.04 bits per heavy atom. The molecule has 1 fully saturated rings. The lowest BCUT2D eigenvalue weighted by atomic mass is 10.0. The number of piperazine rings is 1. The van der Waals surface area contributed by atoms with Gasteiger partial charge >= 0.3 is 0 Å². The largest absolute Gasteiger partial charge is 0.497 e. The van der Waals surface area contributed by atoms with Crippen LogP contribution in [-0.4, -0.2) is 43.3 Å². The number of thiocarbonyl (C=S) groups is 1. The van der Waals surface area contributed by atoms with E-state index in [0.717, 1.165) is 42.7 Å². The number of hydrogen-bond donors (Lipinski definition) is 1. The van der Waals surface area contributed by atoms with Crippen LogP contribution in [0.4, 0.5) is 11.4 Å². The number of benzene rings is 2. The fourth-order valence-electron chi connectivity index (χ4n) is 3.28. The van der Waals surface area contributed by atoms with Gasteiger partial charge in [-0.3, -0.25) is 0 Å². The average molecular weight is 370 g/mol. The van der Waals surface area contributed by atoms with E-state index in [1.165, 1.54) is 11.3 Å². The van der Waals surface area contributed by atoms with Crippen LogP contribution in [0, 0.1) is 0 Å². The molecule has 0 unspecified atom stereocenters.